The van der Waals surface area contributed by atoms with Crippen LogP contribution in [0, 0.1) is 5.92 Å². The second kappa shape index (κ2) is 9.90. The first-order valence-electron chi connectivity index (χ1n) is 9.31. The minimum Gasteiger partial charge on any atom is -0.454 e. The maximum Gasteiger partial charge on any atom is 0.231 e. The highest BCUT2D eigenvalue weighted by Gasteiger charge is 2.18. The quantitative estimate of drug-likeness (QED) is 0.623. The molecule has 1 atom stereocenters. The van der Waals surface area contributed by atoms with Crippen molar-refractivity contribution in [1.82, 2.24) is 10.2 Å². The van der Waals surface area contributed by atoms with E-state index in [1.54, 1.807) is 0 Å². The lowest BCUT2D eigenvalue weighted by Gasteiger charge is -2.19. The fourth-order valence-electron chi connectivity index (χ4n) is 3.10. The lowest BCUT2D eigenvalue weighted by atomic mass is 9.88. The van der Waals surface area contributed by atoms with E-state index in [4.69, 9.17) is 9.47 Å². The molecule has 1 aliphatic rings. The van der Waals surface area contributed by atoms with Gasteiger partial charge in [0.25, 0.3) is 0 Å². The van der Waals surface area contributed by atoms with E-state index in [0.717, 1.165) is 37.1 Å². The molecule has 4 heteroatoms. The first-order valence-corrected chi connectivity index (χ1v) is 9.31. The van der Waals surface area contributed by atoms with E-state index < -0.39 is 0 Å². The van der Waals surface area contributed by atoms with Crippen molar-refractivity contribution in [1.29, 1.82) is 0 Å². The summed E-state index contributed by atoms with van der Waals surface area (Å²) in [5.41, 5.74) is 1.38. The Hall–Kier alpha value is -1.26. The predicted molar refractivity (Wildman–Crippen MR) is 100 cm³/mol. The van der Waals surface area contributed by atoms with E-state index in [1.807, 2.05) is 0 Å². The van der Waals surface area contributed by atoms with Crippen LogP contribution in [0.15, 0.2) is 18.2 Å². The smallest absolute Gasteiger partial charge is 0.231 e. The summed E-state index contributed by atoms with van der Waals surface area (Å²) in [4.78, 5) is 2.24. The molecule has 1 aromatic carbocycles. The van der Waals surface area contributed by atoms with Crippen LogP contribution in [-0.2, 0) is 0 Å². The van der Waals surface area contributed by atoms with Gasteiger partial charge in [-0.2, -0.15) is 0 Å². The maximum atomic E-state index is 5.55. The number of nitrogens with one attached hydrogen (secondary N) is 1. The summed E-state index contributed by atoms with van der Waals surface area (Å²) >= 11 is 0. The SMILES string of the molecule is CC(C)CCC(CCNCCCN(C)C)c1ccc2c(c1)OCO2. The molecular formula is C20H34N2O2. The summed E-state index contributed by atoms with van der Waals surface area (Å²) in [6.45, 7) is 8.27. The highest BCUT2D eigenvalue weighted by Crippen LogP contribution is 2.36. The maximum absolute atomic E-state index is 5.55. The van der Waals surface area contributed by atoms with Crippen LogP contribution in [0.4, 0.5) is 0 Å². The Morgan fingerprint density at radius 2 is 1.83 bits per heavy atom. The number of fused-ring (bicyclic) bond motifs is 1. The molecule has 1 unspecified atom stereocenters. The average molecular weight is 335 g/mol. The molecule has 1 heterocycles. The number of hydrogen-bond donors (Lipinski definition) is 1. The van der Waals surface area contributed by atoms with E-state index in [2.05, 4.69) is 56.4 Å². The monoisotopic (exact) mass is 334 g/mol. The van der Waals surface area contributed by atoms with Gasteiger partial charge in [0.1, 0.15) is 0 Å². The van der Waals surface area contributed by atoms with Crippen LogP contribution in [0.25, 0.3) is 0 Å². The lowest BCUT2D eigenvalue weighted by Crippen LogP contribution is -2.23. The molecule has 0 fully saturated rings. The minimum atomic E-state index is 0.350. The third-order valence-corrected chi connectivity index (χ3v) is 4.59. The van der Waals surface area contributed by atoms with Gasteiger partial charge in [0.05, 0.1) is 0 Å². The standard InChI is InChI=1S/C20H34N2O2/c1-16(2)6-7-17(10-12-21-11-5-13-22(3)4)18-8-9-19-20(14-18)24-15-23-19/h8-9,14,16-17,21H,5-7,10-13,15H2,1-4H3. The first kappa shape index (κ1) is 19.1. The summed E-state index contributed by atoms with van der Waals surface area (Å²) in [6, 6.07) is 6.45. The highest BCUT2D eigenvalue weighted by molar-refractivity contribution is 5.45. The summed E-state index contributed by atoms with van der Waals surface area (Å²) in [5.74, 6) is 3.11. The highest BCUT2D eigenvalue weighted by atomic mass is 16.7. The molecule has 2 rings (SSSR count). The van der Waals surface area contributed by atoms with E-state index in [1.165, 1.54) is 31.2 Å². The molecule has 0 saturated carbocycles. The zero-order valence-corrected chi connectivity index (χ0v) is 15.8. The van der Waals surface area contributed by atoms with Gasteiger partial charge in [-0.15, -0.1) is 0 Å². The van der Waals surface area contributed by atoms with Gasteiger partial charge in [0, 0.05) is 0 Å². The van der Waals surface area contributed by atoms with Crippen molar-refractivity contribution in [3.05, 3.63) is 23.8 Å². The van der Waals surface area contributed by atoms with Crippen LogP contribution < -0.4 is 14.8 Å². The fraction of sp³-hybridized carbons (Fsp3) is 0.700. The minimum absolute atomic E-state index is 0.350. The van der Waals surface area contributed by atoms with Crippen LogP contribution >= 0.6 is 0 Å². The Labute approximate surface area is 147 Å². The molecule has 0 aromatic heterocycles. The summed E-state index contributed by atoms with van der Waals surface area (Å²) in [7, 11) is 4.25. The van der Waals surface area contributed by atoms with Gasteiger partial charge in [-0.3, -0.25) is 0 Å². The molecule has 136 valence electrons. The Morgan fingerprint density at radius 3 is 2.58 bits per heavy atom. The second-order valence-electron chi connectivity index (χ2n) is 7.48. The van der Waals surface area contributed by atoms with Gasteiger partial charge in [-0.25, -0.2) is 0 Å². The van der Waals surface area contributed by atoms with Crippen LogP contribution in [0.3, 0.4) is 0 Å². The molecule has 1 N–H and O–H groups in total. The second-order valence-corrected chi connectivity index (χ2v) is 7.48. The summed E-state index contributed by atoms with van der Waals surface area (Å²) in [5, 5.41) is 3.60. The lowest BCUT2D eigenvalue weighted by molar-refractivity contribution is 0.174. The third-order valence-electron chi connectivity index (χ3n) is 4.59. The van der Waals surface area contributed by atoms with E-state index >= 15 is 0 Å². The van der Waals surface area contributed by atoms with Crippen molar-refractivity contribution in [2.75, 3.05) is 40.5 Å². The summed E-state index contributed by atoms with van der Waals surface area (Å²) in [6.07, 6.45) is 4.87. The molecule has 1 aliphatic heterocycles. The van der Waals surface area contributed by atoms with Crippen molar-refractivity contribution >= 4 is 0 Å². The first-order chi connectivity index (χ1) is 11.6. The average Bonchev–Trinajstić information content (AvgIpc) is 3.00. The van der Waals surface area contributed by atoms with Crippen molar-refractivity contribution in [3.8, 4) is 11.5 Å². The van der Waals surface area contributed by atoms with Gasteiger partial charge in [0.2, 0.25) is 6.79 Å². The zero-order chi connectivity index (χ0) is 17.4. The van der Waals surface area contributed by atoms with Crippen molar-refractivity contribution in [2.24, 2.45) is 5.92 Å². The number of hydrogen-bond acceptors (Lipinski definition) is 4. The van der Waals surface area contributed by atoms with Gasteiger partial charge in [-0.1, -0.05) is 26.3 Å². The zero-order valence-electron chi connectivity index (χ0n) is 15.8. The van der Waals surface area contributed by atoms with Gasteiger partial charge in [-0.05, 0) is 82.5 Å². The van der Waals surface area contributed by atoms with Crippen molar-refractivity contribution < 1.29 is 9.47 Å². The van der Waals surface area contributed by atoms with Gasteiger partial charge >= 0.3 is 0 Å². The van der Waals surface area contributed by atoms with E-state index in [-0.39, 0.29) is 0 Å². The van der Waals surface area contributed by atoms with Gasteiger partial charge in [0.15, 0.2) is 11.5 Å². The molecular weight excluding hydrogens is 300 g/mol. The molecule has 0 aliphatic carbocycles. The largest absolute Gasteiger partial charge is 0.454 e. The molecule has 0 bridgehead atoms. The Bertz CT molecular complexity index is 489. The van der Waals surface area contributed by atoms with E-state index in [0.29, 0.717) is 12.7 Å². The predicted octanol–water partition coefficient (Wildman–Crippen LogP) is 3.87. The topological polar surface area (TPSA) is 33.7 Å². The van der Waals surface area contributed by atoms with Crippen LogP contribution in [-0.4, -0.2) is 45.4 Å². The normalized spacial score (nSPS) is 14.6. The molecule has 0 spiro atoms. The third kappa shape index (κ3) is 6.33. The van der Waals surface area contributed by atoms with Gasteiger partial charge < -0.3 is 19.7 Å². The number of rotatable bonds is 11. The molecule has 0 amide bonds. The van der Waals surface area contributed by atoms with Crippen molar-refractivity contribution in [3.63, 3.8) is 0 Å². The van der Waals surface area contributed by atoms with Crippen LogP contribution in [0.2, 0.25) is 0 Å². The summed E-state index contributed by atoms with van der Waals surface area (Å²) < 4.78 is 11.0. The van der Waals surface area contributed by atoms with Crippen LogP contribution in [0.1, 0.15) is 51.0 Å². The molecule has 0 saturated heterocycles. The molecule has 4 nitrogen and oxygen atoms in total. The number of ether oxygens (including phenoxy) is 2. The Kier molecular flexibility index (Phi) is 7.86. The fourth-order valence-corrected chi connectivity index (χ4v) is 3.10. The number of nitrogens with zero attached hydrogens (tertiary/aromatic N) is 1. The van der Waals surface area contributed by atoms with Crippen molar-refractivity contribution in [2.45, 2.75) is 45.4 Å². The molecule has 1 aromatic rings. The Balaban J connectivity index is 1.85. The van der Waals surface area contributed by atoms with E-state index in [9.17, 15) is 0 Å². The van der Waals surface area contributed by atoms with Crippen LogP contribution in [0.5, 0.6) is 11.5 Å². The Morgan fingerprint density at radius 1 is 1.04 bits per heavy atom. The molecule has 24 heavy (non-hydrogen) atoms. The molecule has 0 radical (unpaired) electrons. The number of benzene rings is 1.